The topological polar surface area (TPSA) is 125 Å². The maximum absolute atomic E-state index is 12.9. The molecule has 184 valence electrons. The van der Waals surface area contributed by atoms with Crippen molar-refractivity contribution in [1.29, 1.82) is 0 Å². The first-order valence-electron chi connectivity index (χ1n) is 12.2. The van der Waals surface area contributed by atoms with Gasteiger partial charge < -0.3 is 19.5 Å². The molecule has 3 aliphatic heterocycles. The van der Waals surface area contributed by atoms with Gasteiger partial charge in [-0.3, -0.25) is 24.5 Å². The first kappa shape index (κ1) is 23.1. The second kappa shape index (κ2) is 9.89. The summed E-state index contributed by atoms with van der Waals surface area (Å²) in [5.74, 6) is -0.178. The molecule has 35 heavy (non-hydrogen) atoms. The number of nitrogens with zero attached hydrogens (tertiary/aromatic N) is 3. The van der Waals surface area contributed by atoms with E-state index in [4.69, 9.17) is 4.74 Å². The molecule has 10 nitrogen and oxygen atoms in total. The molecular formula is C25H29N5O5. The van der Waals surface area contributed by atoms with Crippen molar-refractivity contribution in [3.63, 3.8) is 0 Å². The van der Waals surface area contributed by atoms with Gasteiger partial charge in [0.05, 0.1) is 12.4 Å². The normalized spacial score (nSPS) is 22.2. The summed E-state index contributed by atoms with van der Waals surface area (Å²) in [4.78, 5) is 59.9. The Hall–Kier alpha value is -3.69. The number of imidazole rings is 1. The fourth-order valence-corrected chi connectivity index (χ4v) is 5.14. The van der Waals surface area contributed by atoms with E-state index in [-0.39, 0.29) is 30.2 Å². The molecule has 0 bridgehead atoms. The third kappa shape index (κ3) is 4.91. The summed E-state index contributed by atoms with van der Waals surface area (Å²) in [5.41, 5.74) is 2.30. The molecule has 4 heterocycles. The highest BCUT2D eigenvalue weighted by molar-refractivity contribution is 6.05. The lowest BCUT2D eigenvalue weighted by Crippen LogP contribution is -2.52. The Morgan fingerprint density at radius 2 is 2.06 bits per heavy atom. The van der Waals surface area contributed by atoms with Crippen molar-refractivity contribution in [1.82, 2.24) is 25.1 Å². The van der Waals surface area contributed by atoms with Gasteiger partial charge in [-0.2, -0.15) is 0 Å². The van der Waals surface area contributed by atoms with Crippen LogP contribution in [0.15, 0.2) is 30.7 Å². The van der Waals surface area contributed by atoms with Crippen molar-refractivity contribution in [2.45, 2.75) is 63.6 Å². The molecule has 5 rings (SSSR count). The van der Waals surface area contributed by atoms with Gasteiger partial charge in [-0.1, -0.05) is 0 Å². The molecule has 2 saturated heterocycles. The Bertz CT molecular complexity index is 1130. The van der Waals surface area contributed by atoms with E-state index in [0.29, 0.717) is 43.7 Å². The van der Waals surface area contributed by atoms with Crippen LogP contribution in [0.2, 0.25) is 0 Å². The van der Waals surface area contributed by atoms with E-state index in [1.54, 1.807) is 24.7 Å². The molecule has 4 amide bonds. The van der Waals surface area contributed by atoms with Gasteiger partial charge in [0, 0.05) is 43.4 Å². The van der Waals surface area contributed by atoms with Crippen LogP contribution in [-0.2, 0) is 27.3 Å². The Morgan fingerprint density at radius 3 is 2.86 bits per heavy atom. The van der Waals surface area contributed by atoms with Gasteiger partial charge in [0.2, 0.25) is 17.7 Å². The van der Waals surface area contributed by atoms with E-state index in [2.05, 4.69) is 15.3 Å². The molecule has 1 aromatic carbocycles. The molecule has 0 radical (unpaired) electrons. The van der Waals surface area contributed by atoms with Gasteiger partial charge in [0.25, 0.3) is 5.91 Å². The molecule has 2 aromatic rings. The summed E-state index contributed by atoms with van der Waals surface area (Å²) in [7, 11) is 0. The Morgan fingerprint density at radius 1 is 1.17 bits per heavy atom. The van der Waals surface area contributed by atoms with Gasteiger partial charge in [0.15, 0.2) is 0 Å². The van der Waals surface area contributed by atoms with E-state index in [1.165, 1.54) is 4.90 Å². The molecule has 2 N–H and O–H groups in total. The highest BCUT2D eigenvalue weighted by Gasteiger charge is 2.39. The van der Waals surface area contributed by atoms with Gasteiger partial charge in [0.1, 0.15) is 18.4 Å². The molecule has 2 atom stereocenters. The van der Waals surface area contributed by atoms with Gasteiger partial charge >= 0.3 is 0 Å². The smallest absolute Gasteiger partial charge is 0.255 e. The van der Waals surface area contributed by atoms with Gasteiger partial charge in [-0.25, -0.2) is 4.98 Å². The number of aryl methyl sites for hydroxylation is 1. The SMILES string of the molecule is O=C1CCC(N2Cc3cc(OC[C@H]4CCCCN4C(=O)CCc4cnc[nH]4)ccc3C2=O)C(=O)N1. The molecule has 0 saturated carbocycles. The summed E-state index contributed by atoms with van der Waals surface area (Å²) in [6.07, 6.45) is 7.91. The fraction of sp³-hybridized carbons (Fsp3) is 0.480. The largest absolute Gasteiger partial charge is 0.491 e. The van der Waals surface area contributed by atoms with Crippen molar-refractivity contribution in [2.75, 3.05) is 13.2 Å². The molecule has 2 fully saturated rings. The number of nitrogens with one attached hydrogen (secondary N) is 2. The number of rotatable bonds is 7. The first-order chi connectivity index (χ1) is 17.0. The molecule has 3 aliphatic rings. The van der Waals surface area contributed by atoms with Crippen molar-refractivity contribution < 1.29 is 23.9 Å². The minimum atomic E-state index is -0.638. The first-order valence-corrected chi connectivity index (χ1v) is 12.2. The van der Waals surface area contributed by atoms with Crippen molar-refractivity contribution in [2.24, 2.45) is 0 Å². The maximum atomic E-state index is 12.9. The number of ether oxygens (including phenoxy) is 1. The zero-order valence-corrected chi connectivity index (χ0v) is 19.5. The lowest BCUT2D eigenvalue weighted by atomic mass is 10.0. The van der Waals surface area contributed by atoms with Crippen molar-refractivity contribution >= 4 is 23.6 Å². The maximum Gasteiger partial charge on any atom is 0.255 e. The summed E-state index contributed by atoms with van der Waals surface area (Å²) in [6.45, 7) is 1.42. The third-order valence-electron chi connectivity index (χ3n) is 7.05. The number of imide groups is 1. The number of piperidine rings is 2. The summed E-state index contributed by atoms with van der Waals surface area (Å²) in [5, 5.41) is 2.32. The van der Waals surface area contributed by atoms with Gasteiger partial charge in [-0.05, 0) is 55.9 Å². The Kier molecular flexibility index (Phi) is 6.52. The minimum Gasteiger partial charge on any atom is -0.491 e. The molecule has 10 heteroatoms. The van der Waals surface area contributed by atoms with Crippen LogP contribution < -0.4 is 10.1 Å². The molecule has 1 aromatic heterocycles. The quantitative estimate of drug-likeness (QED) is 0.581. The molecule has 0 aliphatic carbocycles. The number of benzene rings is 1. The van der Waals surface area contributed by atoms with Crippen LogP contribution in [0.1, 0.15) is 60.1 Å². The highest BCUT2D eigenvalue weighted by atomic mass is 16.5. The zero-order valence-electron chi connectivity index (χ0n) is 19.5. The number of carbonyl (C=O) groups is 4. The lowest BCUT2D eigenvalue weighted by molar-refractivity contribution is -0.137. The number of fused-ring (bicyclic) bond motifs is 1. The molecular weight excluding hydrogens is 450 g/mol. The van der Waals surface area contributed by atoms with E-state index in [1.807, 2.05) is 11.0 Å². The van der Waals surface area contributed by atoms with E-state index in [0.717, 1.165) is 37.1 Å². The van der Waals surface area contributed by atoms with Crippen LogP contribution in [0, 0.1) is 0 Å². The van der Waals surface area contributed by atoms with Crippen LogP contribution in [0.3, 0.4) is 0 Å². The minimum absolute atomic E-state index is 0.00729. The predicted octanol–water partition coefficient (Wildman–Crippen LogP) is 1.56. The second-order valence-corrected chi connectivity index (χ2v) is 9.34. The average Bonchev–Trinajstić information content (AvgIpc) is 3.49. The van der Waals surface area contributed by atoms with Crippen LogP contribution in [0.4, 0.5) is 0 Å². The van der Waals surface area contributed by atoms with Crippen molar-refractivity contribution in [3.05, 3.63) is 47.5 Å². The number of carbonyl (C=O) groups excluding carboxylic acids is 4. The Labute approximate surface area is 203 Å². The summed E-state index contributed by atoms with van der Waals surface area (Å²) in [6, 6.07) is 4.70. The predicted molar refractivity (Wildman–Crippen MR) is 124 cm³/mol. The summed E-state index contributed by atoms with van der Waals surface area (Å²) < 4.78 is 6.09. The number of amides is 4. The lowest BCUT2D eigenvalue weighted by Gasteiger charge is -2.35. The number of likely N-dealkylation sites (tertiary alicyclic amines) is 1. The van der Waals surface area contributed by atoms with Crippen LogP contribution in [-0.4, -0.2) is 68.6 Å². The van der Waals surface area contributed by atoms with E-state index >= 15 is 0 Å². The number of aromatic amines is 1. The standard InChI is InChI=1S/C25H29N5O5/c31-22-8-7-21(24(33)28-22)30-13-16-11-19(5-6-20(16)25(30)34)35-14-18-3-1-2-10-29(18)23(32)9-4-17-12-26-15-27-17/h5-6,11-12,15,18,21H,1-4,7-10,13-14H2,(H,26,27)(H,28,31,33)/t18-,21?/m1/s1. The fourth-order valence-electron chi connectivity index (χ4n) is 5.14. The van der Waals surface area contributed by atoms with Gasteiger partial charge in [-0.15, -0.1) is 0 Å². The number of H-pyrrole nitrogens is 1. The third-order valence-corrected chi connectivity index (χ3v) is 7.05. The van der Waals surface area contributed by atoms with Crippen LogP contribution in [0.25, 0.3) is 0 Å². The van der Waals surface area contributed by atoms with E-state index < -0.39 is 11.9 Å². The van der Waals surface area contributed by atoms with E-state index in [9.17, 15) is 19.2 Å². The van der Waals surface area contributed by atoms with Crippen LogP contribution >= 0.6 is 0 Å². The van der Waals surface area contributed by atoms with Crippen LogP contribution in [0.5, 0.6) is 5.75 Å². The number of hydrogen-bond donors (Lipinski definition) is 2. The average molecular weight is 480 g/mol. The summed E-state index contributed by atoms with van der Waals surface area (Å²) >= 11 is 0. The second-order valence-electron chi connectivity index (χ2n) is 9.34. The monoisotopic (exact) mass is 479 g/mol. The highest BCUT2D eigenvalue weighted by Crippen LogP contribution is 2.30. The zero-order chi connectivity index (χ0) is 24.4. The number of aromatic nitrogens is 2. The molecule has 1 unspecified atom stereocenters. The van der Waals surface area contributed by atoms with Crippen molar-refractivity contribution in [3.8, 4) is 5.75 Å². The number of hydrogen-bond acceptors (Lipinski definition) is 6. The Balaban J connectivity index is 1.20. The molecule has 0 spiro atoms.